The minimum atomic E-state index is 0.225. The van der Waals surface area contributed by atoms with E-state index in [2.05, 4.69) is 16.9 Å². The maximum Gasteiger partial charge on any atom is 0.152 e. The van der Waals surface area contributed by atoms with Crippen LogP contribution in [0, 0.1) is 0 Å². The maximum absolute atomic E-state index is 9.58. The molecule has 0 radical (unpaired) electrons. The lowest BCUT2D eigenvalue weighted by molar-refractivity contribution is 0.474. The quantitative estimate of drug-likeness (QED) is 0.817. The molecule has 1 aromatic heterocycles. The summed E-state index contributed by atoms with van der Waals surface area (Å²) in [7, 11) is 0. The summed E-state index contributed by atoms with van der Waals surface area (Å²) in [6, 6.07) is 11.0. The minimum Gasteiger partial charge on any atom is -0.507 e. The summed E-state index contributed by atoms with van der Waals surface area (Å²) in [5.74, 6) is 0.885. The molecule has 3 heteroatoms. The van der Waals surface area contributed by atoms with Crippen molar-refractivity contribution >= 4 is 12.0 Å². The maximum atomic E-state index is 9.58. The molecule has 0 atom stereocenters. The Morgan fingerprint density at radius 1 is 1.29 bits per heavy atom. The van der Waals surface area contributed by atoms with E-state index in [-0.39, 0.29) is 5.75 Å². The highest BCUT2D eigenvalue weighted by Crippen LogP contribution is 2.15. The lowest BCUT2D eigenvalue weighted by Gasteiger charge is -1.98. The second-order valence-electron chi connectivity index (χ2n) is 3.69. The normalized spacial score (nSPS) is 10.9. The number of benzene rings is 1. The molecule has 0 aliphatic carbocycles. The second kappa shape index (κ2) is 5.25. The molecular formula is C14H14N2O. The first-order valence-electron chi connectivity index (χ1n) is 5.56. The van der Waals surface area contributed by atoms with Crippen molar-refractivity contribution in [2.45, 2.75) is 13.3 Å². The zero-order valence-corrected chi connectivity index (χ0v) is 9.67. The highest BCUT2D eigenvalue weighted by Gasteiger charge is 1.96. The predicted molar refractivity (Wildman–Crippen MR) is 69.0 cm³/mol. The van der Waals surface area contributed by atoms with Crippen molar-refractivity contribution in [3.8, 4) is 5.75 Å². The number of rotatable bonds is 3. The van der Waals surface area contributed by atoms with Crippen molar-refractivity contribution in [2.75, 3.05) is 0 Å². The standard InChI is InChI=1S/C14H14N2O/c1-2-11-7-8-15-14(9-11)16-10-12-5-3-4-6-13(12)17/h3-10,17H,2H2,1H3. The molecule has 0 aliphatic rings. The van der Waals surface area contributed by atoms with Gasteiger partial charge in [0, 0.05) is 18.0 Å². The van der Waals surface area contributed by atoms with Gasteiger partial charge in [-0.25, -0.2) is 9.98 Å². The van der Waals surface area contributed by atoms with Gasteiger partial charge < -0.3 is 5.11 Å². The monoisotopic (exact) mass is 226 g/mol. The van der Waals surface area contributed by atoms with Crippen molar-refractivity contribution in [3.63, 3.8) is 0 Å². The average Bonchev–Trinajstić information content (AvgIpc) is 2.38. The Balaban J connectivity index is 2.23. The van der Waals surface area contributed by atoms with Crippen LogP contribution < -0.4 is 0 Å². The molecule has 0 saturated carbocycles. The van der Waals surface area contributed by atoms with Crippen LogP contribution in [0.2, 0.25) is 0 Å². The van der Waals surface area contributed by atoms with Crippen LogP contribution in [0.1, 0.15) is 18.1 Å². The van der Waals surface area contributed by atoms with Crippen LogP contribution in [0.5, 0.6) is 5.75 Å². The number of pyridine rings is 1. The minimum absolute atomic E-state index is 0.225. The van der Waals surface area contributed by atoms with Crippen molar-refractivity contribution < 1.29 is 5.11 Å². The SMILES string of the molecule is CCc1ccnc(N=Cc2ccccc2O)c1. The Labute approximate surface area is 100 Å². The van der Waals surface area contributed by atoms with Gasteiger partial charge >= 0.3 is 0 Å². The average molecular weight is 226 g/mol. The fourth-order valence-corrected chi connectivity index (χ4v) is 1.48. The van der Waals surface area contributed by atoms with Gasteiger partial charge in [0.25, 0.3) is 0 Å². The first-order valence-corrected chi connectivity index (χ1v) is 5.56. The van der Waals surface area contributed by atoms with Gasteiger partial charge in [0.1, 0.15) is 5.75 Å². The number of hydrogen-bond acceptors (Lipinski definition) is 3. The molecule has 3 nitrogen and oxygen atoms in total. The molecule has 1 N–H and O–H groups in total. The summed E-state index contributed by atoms with van der Waals surface area (Å²) >= 11 is 0. The third kappa shape index (κ3) is 2.91. The zero-order valence-electron chi connectivity index (χ0n) is 9.67. The van der Waals surface area contributed by atoms with Gasteiger partial charge in [-0.15, -0.1) is 0 Å². The van der Waals surface area contributed by atoms with Crippen LogP contribution in [0.4, 0.5) is 5.82 Å². The molecule has 2 aromatic rings. The van der Waals surface area contributed by atoms with E-state index in [4.69, 9.17) is 0 Å². The molecule has 0 bridgehead atoms. The van der Waals surface area contributed by atoms with Crippen LogP contribution in [0.3, 0.4) is 0 Å². The zero-order chi connectivity index (χ0) is 12.1. The summed E-state index contributed by atoms with van der Waals surface area (Å²) in [6.07, 6.45) is 4.33. The molecule has 17 heavy (non-hydrogen) atoms. The molecule has 1 heterocycles. The number of nitrogens with zero attached hydrogens (tertiary/aromatic N) is 2. The molecule has 0 aliphatic heterocycles. The lowest BCUT2D eigenvalue weighted by atomic mass is 10.2. The van der Waals surface area contributed by atoms with Gasteiger partial charge in [-0.3, -0.25) is 0 Å². The third-order valence-corrected chi connectivity index (χ3v) is 2.49. The van der Waals surface area contributed by atoms with Gasteiger partial charge in [0.05, 0.1) is 0 Å². The molecule has 0 amide bonds. The van der Waals surface area contributed by atoms with Gasteiger partial charge in [0.15, 0.2) is 5.82 Å². The van der Waals surface area contributed by atoms with E-state index >= 15 is 0 Å². The smallest absolute Gasteiger partial charge is 0.152 e. The first kappa shape index (κ1) is 11.3. The van der Waals surface area contributed by atoms with Gasteiger partial charge in [-0.1, -0.05) is 19.1 Å². The number of aromatic hydroxyl groups is 1. The van der Waals surface area contributed by atoms with Crippen molar-refractivity contribution in [1.29, 1.82) is 0 Å². The fraction of sp³-hybridized carbons (Fsp3) is 0.143. The number of hydrogen-bond donors (Lipinski definition) is 1. The largest absolute Gasteiger partial charge is 0.507 e. The van der Waals surface area contributed by atoms with E-state index in [0.29, 0.717) is 11.4 Å². The highest BCUT2D eigenvalue weighted by molar-refractivity contribution is 5.84. The van der Waals surface area contributed by atoms with Crippen molar-refractivity contribution in [3.05, 3.63) is 53.7 Å². The van der Waals surface area contributed by atoms with Gasteiger partial charge in [-0.2, -0.15) is 0 Å². The predicted octanol–water partition coefficient (Wildman–Crippen LogP) is 3.10. The Morgan fingerprint density at radius 2 is 2.12 bits per heavy atom. The van der Waals surface area contributed by atoms with Gasteiger partial charge in [0.2, 0.25) is 0 Å². The van der Waals surface area contributed by atoms with Crippen LogP contribution in [0.25, 0.3) is 0 Å². The molecule has 1 aromatic carbocycles. The van der Waals surface area contributed by atoms with E-state index in [9.17, 15) is 5.11 Å². The molecular weight excluding hydrogens is 212 g/mol. The topological polar surface area (TPSA) is 45.5 Å². The molecule has 0 saturated heterocycles. The molecule has 0 fully saturated rings. The Morgan fingerprint density at radius 3 is 2.88 bits per heavy atom. The molecule has 2 rings (SSSR count). The van der Waals surface area contributed by atoms with Crippen LogP contribution in [-0.2, 0) is 6.42 Å². The first-order chi connectivity index (χ1) is 8.29. The summed E-state index contributed by atoms with van der Waals surface area (Å²) < 4.78 is 0. The van der Waals surface area contributed by atoms with Crippen LogP contribution in [-0.4, -0.2) is 16.3 Å². The van der Waals surface area contributed by atoms with E-state index in [1.807, 2.05) is 24.3 Å². The van der Waals surface area contributed by atoms with E-state index in [1.54, 1.807) is 24.5 Å². The van der Waals surface area contributed by atoms with E-state index in [0.717, 1.165) is 6.42 Å². The Kier molecular flexibility index (Phi) is 3.50. The van der Waals surface area contributed by atoms with Gasteiger partial charge in [-0.05, 0) is 36.2 Å². The fourth-order valence-electron chi connectivity index (χ4n) is 1.48. The molecule has 86 valence electrons. The molecule has 0 spiro atoms. The second-order valence-corrected chi connectivity index (χ2v) is 3.69. The summed E-state index contributed by atoms with van der Waals surface area (Å²) in [5, 5.41) is 9.58. The van der Waals surface area contributed by atoms with Crippen LogP contribution >= 0.6 is 0 Å². The summed E-state index contributed by atoms with van der Waals surface area (Å²) in [6.45, 7) is 2.09. The number of para-hydroxylation sites is 1. The van der Waals surface area contributed by atoms with E-state index < -0.39 is 0 Å². The molecule has 0 unspecified atom stereocenters. The summed E-state index contributed by atoms with van der Waals surface area (Å²) in [4.78, 5) is 8.40. The number of phenolic OH excluding ortho intramolecular Hbond substituents is 1. The Hall–Kier alpha value is -2.16. The van der Waals surface area contributed by atoms with Crippen LogP contribution in [0.15, 0.2) is 47.6 Å². The number of aryl methyl sites for hydroxylation is 1. The van der Waals surface area contributed by atoms with E-state index in [1.165, 1.54) is 5.56 Å². The van der Waals surface area contributed by atoms with Crippen molar-refractivity contribution in [1.82, 2.24) is 4.98 Å². The number of phenols is 1. The highest BCUT2D eigenvalue weighted by atomic mass is 16.3. The third-order valence-electron chi connectivity index (χ3n) is 2.49. The van der Waals surface area contributed by atoms with Crippen molar-refractivity contribution in [2.24, 2.45) is 4.99 Å². The summed E-state index contributed by atoms with van der Waals surface area (Å²) in [5.41, 5.74) is 1.89. The Bertz CT molecular complexity index is 535. The number of aliphatic imine (C=N–C) groups is 1. The number of aromatic nitrogens is 1. The lowest BCUT2D eigenvalue weighted by Crippen LogP contribution is -1.84.